The standard InChI is InChI=1S/C12H12F3N3O2/c1-2-8-11(20)17-6-10(19)18(8)7-3-4-9(16-5-7)12(13,14)15/h3-5,8H,2,6H2,1H3,(H,17,20). The normalized spacial score (nSPS) is 20.0. The molecule has 1 aliphatic heterocycles. The molecule has 0 saturated carbocycles. The maximum Gasteiger partial charge on any atom is 0.433 e. The predicted octanol–water partition coefficient (Wildman–Crippen LogP) is 1.34. The van der Waals surface area contributed by atoms with Crippen LogP contribution in [0.5, 0.6) is 0 Å². The molecule has 20 heavy (non-hydrogen) atoms. The quantitative estimate of drug-likeness (QED) is 0.893. The molecule has 0 spiro atoms. The summed E-state index contributed by atoms with van der Waals surface area (Å²) >= 11 is 0. The molecule has 1 fully saturated rings. The molecule has 0 aromatic carbocycles. The summed E-state index contributed by atoms with van der Waals surface area (Å²) in [6.07, 6.45) is -3.22. The lowest BCUT2D eigenvalue weighted by atomic mass is 10.1. The van der Waals surface area contributed by atoms with Gasteiger partial charge in [0.2, 0.25) is 11.8 Å². The molecule has 108 valence electrons. The third-order valence-electron chi connectivity index (χ3n) is 3.00. The largest absolute Gasteiger partial charge is 0.433 e. The molecular formula is C12H12F3N3O2. The number of aromatic nitrogens is 1. The molecule has 0 radical (unpaired) electrons. The molecule has 1 N–H and O–H groups in total. The molecule has 2 amide bonds. The van der Waals surface area contributed by atoms with Crippen LogP contribution in [0.1, 0.15) is 19.0 Å². The Balaban J connectivity index is 2.33. The van der Waals surface area contributed by atoms with Crippen LogP contribution in [-0.2, 0) is 15.8 Å². The van der Waals surface area contributed by atoms with Crippen molar-refractivity contribution < 1.29 is 22.8 Å². The van der Waals surface area contributed by atoms with Crippen molar-refractivity contribution in [1.82, 2.24) is 10.3 Å². The van der Waals surface area contributed by atoms with E-state index in [9.17, 15) is 22.8 Å². The van der Waals surface area contributed by atoms with Crippen LogP contribution < -0.4 is 10.2 Å². The molecule has 0 bridgehead atoms. The van der Waals surface area contributed by atoms with Gasteiger partial charge in [0.15, 0.2) is 0 Å². The molecule has 1 aromatic rings. The first-order chi connectivity index (χ1) is 9.34. The first kappa shape index (κ1) is 14.3. The van der Waals surface area contributed by atoms with E-state index in [2.05, 4.69) is 10.3 Å². The lowest BCUT2D eigenvalue weighted by Gasteiger charge is -2.34. The molecule has 1 atom stereocenters. The summed E-state index contributed by atoms with van der Waals surface area (Å²) < 4.78 is 37.3. The van der Waals surface area contributed by atoms with Crippen LogP contribution in [0.4, 0.5) is 18.9 Å². The van der Waals surface area contributed by atoms with E-state index in [4.69, 9.17) is 0 Å². The molecular weight excluding hydrogens is 275 g/mol. The van der Waals surface area contributed by atoms with Gasteiger partial charge in [-0.3, -0.25) is 14.5 Å². The Morgan fingerprint density at radius 2 is 2.10 bits per heavy atom. The third kappa shape index (κ3) is 2.59. The van der Waals surface area contributed by atoms with Crippen LogP contribution >= 0.6 is 0 Å². The van der Waals surface area contributed by atoms with Crippen LogP contribution in [-0.4, -0.2) is 29.4 Å². The summed E-state index contributed by atoms with van der Waals surface area (Å²) in [5, 5.41) is 2.44. The van der Waals surface area contributed by atoms with Gasteiger partial charge in [0.05, 0.1) is 18.4 Å². The van der Waals surface area contributed by atoms with Gasteiger partial charge in [-0.05, 0) is 18.6 Å². The highest BCUT2D eigenvalue weighted by molar-refractivity contribution is 6.06. The predicted molar refractivity (Wildman–Crippen MR) is 63.8 cm³/mol. The van der Waals surface area contributed by atoms with Crippen molar-refractivity contribution in [3.63, 3.8) is 0 Å². The minimum Gasteiger partial charge on any atom is -0.345 e. The fourth-order valence-electron chi connectivity index (χ4n) is 2.04. The molecule has 8 heteroatoms. The summed E-state index contributed by atoms with van der Waals surface area (Å²) in [6.45, 7) is 1.55. The highest BCUT2D eigenvalue weighted by Crippen LogP contribution is 2.29. The number of alkyl halides is 3. The fourth-order valence-corrected chi connectivity index (χ4v) is 2.04. The van der Waals surface area contributed by atoms with Gasteiger partial charge >= 0.3 is 6.18 Å². The monoisotopic (exact) mass is 287 g/mol. The van der Waals surface area contributed by atoms with Gasteiger partial charge in [0.25, 0.3) is 0 Å². The highest BCUT2D eigenvalue weighted by atomic mass is 19.4. The Kier molecular flexibility index (Phi) is 3.65. The number of hydrogen-bond acceptors (Lipinski definition) is 3. The van der Waals surface area contributed by atoms with Crippen molar-refractivity contribution in [1.29, 1.82) is 0 Å². The summed E-state index contributed by atoms with van der Waals surface area (Å²) in [5.74, 6) is -0.704. The van der Waals surface area contributed by atoms with Gasteiger partial charge in [0.1, 0.15) is 11.7 Å². The zero-order chi connectivity index (χ0) is 14.9. The van der Waals surface area contributed by atoms with E-state index in [1.165, 1.54) is 4.90 Å². The SMILES string of the molecule is CCC1C(=O)NCC(=O)N1c1ccc(C(F)(F)F)nc1. The lowest BCUT2D eigenvalue weighted by Crippen LogP contribution is -2.58. The Bertz CT molecular complexity index is 528. The molecule has 0 aliphatic carbocycles. The summed E-state index contributed by atoms with van der Waals surface area (Å²) in [7, 11) is 0. The summed E-state index contributed by atoms with van der Waals surface area (Å²) in [6, 6.07) is 1.21. The van der Waals surface area contributed by atoms with Crippen molar-refractivity contribution in [2.45, 2.75) is 25.6 Å². The van der Waals surface area contributed by atoms with Crippen LogP contribution in [0, 0.1) is 0 Å². The number of anilines is 1. The minimum atomic E-state index is -4.54. The Hall–Kier alpha value is -2.12. The van der Waals surface area contributed by atoms with E-state index in [0.717, 1.165) is 18.3 Å². The Labute approximate surface area is 112 Å². The van der Waals surface area contributed by atoms with Gasteiger partial charge in [-0.15, -0.1) is 0 Å². The van der Waals surface area contributed by atoms with Gasteiger partial charge in [0, 0.05) is 0 Å². The number of hydrogen-bond donors (Lipinski definition) is 1. The second-order valence-electron chi connectivity index (χ2n) is 4.30. The van der Waals surface area contributed by atoms with Crippen molar-refractivity contribution in [2.75, 3.05) is 11.4 Å². The smallest absolute Gasteiger partial charge is 0.345 e. The van der Waals surface area contributed by atoms with Crippen molar-refractivity contribution in [3.8, 4) is 0 Å². The van der Waals surface area contributed by atoms with Crippen LogP contribution in [0.3, 0.4) is 0 Å². The number of pyridine rings is 1. The average Bonchev–Trinajstić information content (AvgIpc) is 2.40. The van der Waals surface area contributed by atoms with Crippen LogP contribution in [0.2, 0.25) is 0 Å². The molecule has 1 saturated heterocycles. The second-order valence-corrected chi connectivity index (χ2v) is 4.30. The number of amides is 2. The van der Waals surface area contributed by atoms with Crippen LogP contribution in [0.25, 0.3) is 0 Å². The average molecular weight is 287 g/mol. The number of nitrogens with zero attached hydrogens (tertiary/aromatic N) is 2. The fraction of sp³-hybridized carbons (Fsp3) is 0.417. The lowest BCUT2D eigenvalue weighted by molar-refractivity contribution is -0.141. The van der Waals surface area contributed by atoms with E-state index < -0.39 is 17.9 Å². The van der Waals surface area contributed by atoms with E-state index >= 15 is 0 Å². The van der Waals surface area contributed by atoms with E-state index in [1.807, 2.05) is 0 Å². The zero-order valence-corrected chi connectivity index (χ0v) is 10.6. The number of rotatable bonds is 2. The highest BCUT2D eigenvalue weighted by Gasteiger charge is 2.36. The number of piperazine rings is 1. The number of nitrogens with one attached hydrogen (secondary N) is 1. The topological polar surface area (TPSA) is 62.3 Å². The summed E-state index contributed by atoms with van der Waals surface area (Å²) in [5.41, 5.74) is -0.854. The van der Waals surface area contributed by atoms with Gasteiger partial charge in [-0.2, -0.15) is 13.2 Å². The minimum absolute atomic E-state index is 0.170. The number of carbonyl (C=O) groups excluding carboxylic acids is 2. The molecule has 1 aromatic heterocycles. The maximum atomic E-state index is 12.4. The molecule has 5 nitrogen and oxygen atoms in total. The molecule has 1 unspecified atom stereocenters. The van der Waals surface area contributed by atoms with E-state index in [1.54, 1.807) is 6.92 Å². The Morgan fingerprint density at radius 3 is 2.60 bits per heavy atom. The zero-order valence-electron chi connectivity index (χ0n) is 10.6. The van der Waals surface area contributed by atoms with Crippen LogP contribution in [0.15, 0.2) is 18.3 Å². The maximum absolute atomic E-state index is 12.4. The summed E-state index contributed by atoms with van der Waals surface area (Å²) in [4.78, 5) is 28.0. The first-order valence-electron chi connectivity index (χ1n) is 5.97. The number of halogens is 3. The van der Waals surface area contributed by atoms with Crippen molar-refractivity contribution >= 4 is 17.5 Å². The van der Waals surface area contributed by atoms with Crippen molar-refractivity contribution in [2.24, 2.45) is 0 Å². The molecule has 2 rings (SSSR count). The first-order valence-corrected chi connectivity index (χ1v) is 5.97. The third-order valence-corrected chi connectivity index (χ3v) is 3.00. The van der Waals surface area contributed by atoms with Gasteiger partial charge in [-0.25, -0.2) is 4.98 Å². The van der Waals surface area contributed by atoms with Gasteiger partial charge < -0.3 is 5.32 Å². The van der Waals surface area contributed by atoms with E-state index in [0.29, 0.717) is 6.42 Å². The second kappa shape index (κ2) is 5.10. The molecule has 2 heterocycles. The Morgan fingerprint density at radius 1 is 1.40 bits per heavy atom. The van der Waals surface area contributed by atoms with E-state index in [-0.39, 0.29) is 24.0 Å². The number of carbonyl (C=O) groups is 2. The van der Waals surface area contributed by atoms with Gasteiger partial charge in [-0.1, -0.05) is 6.92 Å². The molecule has 1 aliphatic rings. The van der Waals surface area contributed by atoms with Crippen molar-refractivity contribution in [3.05, 3.63) is 24.0 Å².